The second kappa shape index (κ2) is 6.87. The molecule has 102 valence electrons. The summed E-state index contributed by atoms with van der Waals surface area (Å²) in [5.41, 5.74) is 2.25. The van der Waals surface area contributed by atoms with Crippen LogP contribution in [0.4, 0.5) is 0 Å². The molecule has 0 amide bonds. The van der Waals surface area contributed by atoms with Gasteiger partial charge in [-0.25, -0.2) is 13.1 Å². The van der Waals surface area contributed by atoms with E-state index >= 15 is 0 Å². The summed E-state index contributed by atoms with van der Waals surface area (Å²) in [5, 5.41) is 3.31. The molecular weight excluding hydrogens is 248 g/mol. The van der Waals surface area contributed by atoms with Crippen LogP contribution < -0.4 is 10.0 Å². The van der Waals surface area contributed by atoms with Crippen LogP contribution in [-0.2, 0) is 23.0 Å². The summed E-state index contributed by atoms with van der Waals surface area (Å²) in [5.74, 6) is 0. The molecule has 1 aromatic rings. The topological polar surface area (TPSA) is 58.2 Å². The van der Waals surface area contributed by atoms with Crippen molar-refractivity contribution in [2.75, 3.05) is 13.6 Å². The number of hydrogen-bond acceptors (Lipinski definition) is 3. The summed E-state index contributed by atoms with van der Waals surface area (Å²) in [7, 11) is -1.93. The van der Waals surface area contributed by atoms with Crippen LogP contribution in [0.3, 0.4) is 0 Å². The Balaban J connectivity index is 3.02. The molecule has 0 aliphatic rings. The van der Waals surface area contributed by atoms with Gasteiger partial charge in [-0.2, -0.15) is 0 Å². The van der Waals surface area contributed by atoms with Gasteiger partial charge in [-0.05, 0) is 49.7 Å². The molecule has 0 spiro atoms. The Bertz CT molecular complexity index is 484. The van der Waals surface area contributed by atoms with Gasteiger partial charge in [0.05, 0.1) is 4.90 Å². The van der Waals surface area contributed by atoms with Crippen LogP contribution in [0.15, 0.2) is 23.1 Å². The van der Waals surface area contributed by atoms with E-state index in [-0.39, 0.29) is 0 Å². The molecule has 1 aromatic carbocycles. The van der Waals surface area contributed by atoms with Gasteiger partial charge in [0.1, 0.15) is 0 Å². The minimum atomic E-state index is -3.35. The summed E-state index contributed by atoms with van der Waals surface area (Å²) in [6.45, 7) is 5.83. The first-order valence-electron chi connectivity index (χ1n) is 6.31. The number of rotatable bonds is 7. The molecule has 0 unspecified atom stereocenters. The predicted molar refractivity (Wildman–Crippen MR) is 74.1 cm³/mol. The van der Waals surface area contributed by atoms with Crippen molar-refractivity contribution in [3.63, 3.8) is 0 Å². The average molecular weight is 270 g/mol. The van der Waals surface area contributed by atoms with E-state index in [1.807, 2.05) is 6.07 Å². The Morgan fingerprint density at radius 3 is 2.44 bits per heavy atom. The Morgan fingerprint density at radius 1 is 1.17 bits per heavy atom. The van der Waals surface area contributed by atoms with E-state index in [4.69, 9.17) is 0 Å². The maximum atomic E-state index is 11.8. The molecule has 18 heavy (non-hydrogen) atoms. The van der Waals surface area contributed by atoms with Gasteiger partial charge < -0.3 is 5.32 Å². The third-order valence-electron chi connectivity index (χ3n) is 2.88. The number of benzene rings is 1. The first-order chi connectivity index (χ1) is 8.55. The maximum absolute atomic E-state index is 11.8. The summed E-state index contributed by atoms with van der Waals surface area (Å²) >= 11 is 0. The molecule has 2 N–H and O–H groups in total. The van der Waals surface area contributed by atoms with Crippen molar-refractivity contribution in [2.45, 2.75) is 38.1 Å². The highest BCUT2D eigenvalue weighted by Crippen LogP contribution is 2.16. The monoisotopic (exact) mass is 270 g/mol. The van der Waals surface area contributed by atoms with Crippen molar-refractivity contribution in [3.8, 4) is 0 Å². The smallest absolute Gasteiger partial charge is 0.240 e. The quantitative estimate of drug-likeness (QED) is 0.741. The third kappa shape index (κ3) is 3.80. The van der Waals surface area contributed by atoms with Crippen molar-refractivity contribution in [3.05, 3.63) is 29.3 Å². The maximum Gasteiger partial charge on any atom is 0.240 e. The van der Waals surface area contributed by atoms with Gasteiger partial charge in [0.25, 0.3) is 0 Å². The molecule has 0 aliphatic heterocycles. The molecule has 5 heteroatoms. The molecule has 0 atom stereocenters. The highest BCUT2D eigenvalue weighted by molar-refractivity contribution is 7.89. The Kier molecular flexibility index (Phi) is 5.78. The lowest BCUT2D eigenvalue weighted by Crippen LogP contribution is -2.20. The minimum absolute atomic E-state index is 0.329. The van der Waals surface area contributed by atoms with Gasteiger partial charge in [-0.1, -0.05) is 19.9 Å². The van der Waals surface area contributed by atoms with Gasteiger partial charge in [0.15, 0.2) is 0 Å². The first-order valence-corrected chi connectivity index (χ1v) is 7.79. The number of aryl methyl sites for hydroxylation is 1. The van der Waals surface area contributed by atoms with Gasteiger partial charge in [-0.15, -0.1) is 0 Å². The van der Waals surface area contributed by atoms with E-state index in [1.54, 1.807) is 12.1 Å². The largest absolute Gasteiger partial charge is 0.313 e. The number of sulfonamides is 1. The van der Waals surface area contributed by atoms with Gasteiger partial charge >= 0.3 is 0 Å². The molecule has 0 saturated carbocycles. The van der Waals surface area contributed by atoms with E-state index < -0.39 is 10.0 Å². The Morgan fingerprint density at radius 2 is 1.89 bits per heavy atom. The molecule has 0 heterocycles. The molecule has 0 fully saturated rings. The van der Waals surface area contributed by atoms with Crippen LogP contribution >= 0.6 is 0 Å². The van der Waals surface area contributed by atoms with E-state index in [0.29, 0.717) is 11.4 Å². The summed E-state index contributed by atoms with van der Waals surface area (Å²) in [6, 6.07) is 5.31. The lowest BCUT2D eigenvalue weighted by molar-refractivity contribution is 0.587. The lowest BCUT2D eigenvalue weighted by Gasteiger charge is -2.11. The molecule has 0 bridgehead atoms. The lowest BCUT2D eigenvalue weighted by atomic mass is 10.1. The molecule has 0 aromatic heterocycles. The van der Waals surface area contributed by atoms with Crippen LogP contribution in [0.5, 0.6) is 0 Å². The van der Waals surface area contributed by atoms with Crippen LogP contribution in [0.2, 0.25) is 0 Å². The SMILES string of the molecule is CCCNCc1cc(S(=O)(=O)NC)ccc1CC. The molecule has 4 nitrogen and oxygen atoms in total. The van der Waals surface area contributed by atoms with Crippen LogP contribution in [-0.4, -0.2) is 22.0 Å². The highest BCUT2D eigenvalue weighted by Gasteiger charge is 2.13. The second-order valence-electron chi connectivity index (χ2n) is 4.17. The Labute approximate surface area is 110 Å². The number of nitrogens with one attached hydrogen (secondary N) is 2. The van der Waals surface area contributed by atoms with Crippen LogP contribution in [0.25, 0.3) is 0 Å². The highest BCUT2D eigenvalue weighted by atomic mass is 32.2. The third-order valence-corrected chi connectivity index (χ3v) is 4.29. The molecule has 0 saturated heterocycles. The zero-order valence-electron chi connectivity index (χ0n) is 11.3. The van der Waals surface area contributed by atoms with Gasteiger partial charge in [0.2, 0.25) is 10.0 Å². The van der Waals surface area contributed by atoms with Gasteiger partial charge in [0, 0.05) is 6.54 Å². The fourth-order valence-corrected chi connectivity index (χ4v) is 2.58. The summed E-state index contributed by atoms with van der Waals surface area (Å²) < 4.78 is 25.8. The fourth-order valence-electron chi connectivity index (χ4n) is 1.80. The van der Waals surface area contributed by atoms with Gasteiger partial charge in [-0.3, -0.25) is 0 Å². The molecule has 0 radical (unpaired) electrons. The van der Waals surface area contributed by atoms with Crippen molar-refractivity contribution in [1.29, 1.82) is 0 Å². The van der Waals surface area contributed by atoms with Crippen LogP contribution in [0, 0.1) is 0 Å². The first kappa shape index (κ1) is 15.1. The molecular formula is C13H22N2O2S. The Hall–Kier alpha value is -0.910. The van der Waals surface area contributed by atoms with Crippen molar-refractivity contribution in [1.82, 2.24) is 10.0 Å². The van der Waals surface area contributed by atoms with Crippen molar-refractivity contribution >= 4 is 10.0 Å². The van der Waals surface area contributed by atoms with E-state index in [1.165, 1.54) is 12.6 Å². The minimum Gasteiger partial charge on any atom is -0.313 e. The van der Waals surface area contributed by atoms with E-state index in [0.717, 1.165) is 24.9 Å². The summed E-state index contributed by atoms with van der Waals surface area (Å²) in [4.78, 5) is 0.329. The zero-order valence-corrected chi connectivity index (χ0v) is 12.1. The molecule has 1 rings (SSSR count). The van der Waals surface area contributed by atoms with Crippen molar-refractivity contribution in [2.24, 2.45) is 0 Å². The predicted octanol–water partition coefficient (Wildman–Crippen LogP) is 1.66. The van der Waals surface area contributed by atoms with E-state index in [2.05, 4.69) is 23.9 Å². The average Bonchev–Trinajstić information content (AvgIpc) is 2.39. The summed E-state index contributed by atoms with van der Waals surface area (Å²) in [6.07, 6.45) is 1.97. The fraction of sp³-hybridized carbons (Fsp3) is 0.538. The van der Waals surface area contributed by atoms with E-state index in [9.17, 15) is 8.42 Å². The normalized spacial score (nSPS) is 11.7. The molecule has 0 aliphatic carbocycles. The standard InChI is InChI=1S/C13H22N2O2S/c1-4-8-15-10-12-9-13(18(16,17)14-3)7-6-11(12)5-2/h6-7,9,14-15H,4-5,8,10H2,1-3H3. The van der Waals surface area contributed by atoms with Crippen LogP contribution in [0.1, 0.15) is 31.4 Å². The zero-order chi connectivity index (χ0) is 13.6. The second-order valence-corrected chi connectivity index (χ2v) is 6.05. The van der Waals surface area contributed by atoms with Crippen molar-refractivity contribution < 1.29 is 8.42 Å². The number of hydrogen-bond donors (Lipinski definition) is 2.